The van der Waals surface area contributed by atoms with Crippen molar-refractivity contribution in [2.75, 3.05) is 19.8 Å². The van der Waals surface area contributed by atoms with Crippen LogP contribution in [0, 0.1) is 17.3 Å². The zero-order valence-electron chi connectivity index (χ0n) is 37.4. The molecular weight excluding hydrogens is 861 g/mol. The van der Waals surface area contributed by atoms with Crippen LogP contribution in [0.4, 0.5) is 4.79 Å². The fourth-order valence-corrected chi connectivity index (χ4v) is 11.0. The number of hydrogen-bond acceptors (Lipinski definition) is 13. The Morgan fingerprint density at radius 2 is 1.60 bits per heavy atom. The maximum Gasteiger partial charge on any atom is 0.410 e. The molecule has 4 fully saturated rings. The minimum Gasteiger partial charge on any atom is -0.490 e. The SMILES string of the molecule is CC[C@H]1C[C@@]1(NC(=O)[C@@H]1C[C@@H](OC(=O)N2Cc3cc4c(cc3C2)OCCCO4)CN1C(=O)[C@@H](NC(=O)[C@@H](NC(=O)c1cnccn1)C1CCCCC1)C(C)(C)C)C(=O)NS(=O)(=O)C1CC1. The van der Waals surface area contributed by atoms with Crippen LogP contribution in [-0.2, 0) is 47.0 Å². The van der Waals surface area contributed by atoms with Crippen molar-refractivity contribution in [2.24, 2.45) is 17.3 Å². The number of benzene rings is 1. The fourth-order valence-electron chi connectivity index (χ4n) is 9.61. The lowest BCUT2D eigenvalue weighted by atomic mass is 9.82. The molecule has 6 atom stereocenters. The van der Waals surface area contributed by atoms with Crippen molar-refractivity contribution in [2.45, 2.75) is 146 Å². The van der Waals surface area contributed by atoms with E-state index in [0.29, 0.717) is 56.8 Å². The molecule has 6 aliphatic rings. The molecule has 0 unspecified atom stereocenters. The Bertz CT molecular complexity index is 2260. The predicted molar refractivity (Wildman–Crippen MR) is 232 cm³/mol. The van der Waals surface area contributed by atoms with Crippen LogP contribution in [0.15, 0.2) is 30.7 Å². The average Bonchev–Trinajstić information content (AvgIpc) is 4.19. The molecule has 65 heavy (non-hydrogen) atoms. The fraction of sp³-hybridized carbons (Fsp3) is 0.644. The van der Waals surface area contributed by atoms with Crippen molar-refractivity contribution in [1.82, 2.24) is 40.4 Å². The molecule has 352 valence electrons. The Hall–Kier alpha value is -5.53. The van der Waals surface area contributed by atoms with E-state index in [4.69, 9.17) is 14.2 Å². The first-order chi connectivity index (χ1) is 31.0. The summed E-state index contributed by atoms with van der Waals surface area (Å²) in [5, 5.41) is 7.97. The van der Waals surface area contributed by atoms with Gasteiger partial charge in [0.25, 0.3) is 11.8 Å². The molecule has 0 bridgehead atoms. The van der Waals surface area contributed by atoms with Crippen LogP contribution in [0.5, 0.6) is 11.5 Å². The van der Waals surface area contributed by atoms with Crippen LogP contribution in [0.1, 0.15) is 120 Å². The summed E-state index contributed by atoms with van der Waals surface area (Å²) >= 11 is 0. The number of fused-ring (bicyclic) bond motifs is 2. The van der Waals surface area contributed by atoms with Gasteiger partial charge in [-0.15, -0.1) is 0 Å². The Morgan fingerprint density at radius 3 is 2.18 bits per heavy atom. The maximum absolute atomic E-state index is 15.1. The number of aromatic nitrogens is 2. The molecule has 4 heterocycles. The number of rotatable bonds is 13. The topological polar surface area (TPSA) is 245 Å². The molecule has 0 spiro atoms. The molecule has 1 aromatic carbocycles. The number of ether oxygens (including phenoxy) is 3. The zero-order chi connectivity index (χ0) is 46.3. The molecule has 4 N–H and O–H groups in total. The van der Waals surface area contributed by atoms with Crippen molar-refractivity contribution >= 4 is 45.7 Å². The van der Waals surface area contributed by atoms with Gasteiger partial charge < -0.3 is 35.1 Å². The van der Waals surface area contributed by atoms with Gasteiger partial charge in [-0.1, -0.05) is 53.4 Å². The van der Waals surface area contributed by atoms with Crippen LogP contribution in [0.25, 0.3) is 0 Å². The number of nitrogens with one attached hydrogen (secondary N) is 4. The summed E-state index contributed by atoms with van der Waals surface area (Å²) < 4.78 is 45.7. The molecule has 20 heteroatoms. The van der Waals surface area contributed by atoms with Gasteiger partial charge in [-0.2, -0.15) is 0 Å². The summed E-state index contributed by atoms with van der Waals surface area (Å²) in [6.07, 6.45) is 8.69. The second-order valence-corrected chi connectivity index (χ2v) is 21.4. The Balaban J connectivity index is 1.04. The molecule has 3 aliphatic heterocycles. The van der Waals surface area contributed by atoms with E-state index in [0.717, 1.165) is 36.8 Å². The highest BCUT2D eigenvalue weighted by Crippen LogP contribution is 2.47. The van der Waals surface area contributed by atoms with Gasteiger partial charge >= 0.3 is 6.09 Å². The highest BCUT2D eigenvalue weighted by Gasteiger charge is 2.62. The van der Waals surface area contributed by atoms with Crippen molar-refractivity contribution in [3.63, 3.8) is 0 Å². The van der Waals surface area contributed by atoms with Crippen molar-refractivity contribution in [3.05, 3.63) is 47.5 Å². The van der Waals surface area contributed by atoms with Gasteiger partial charge in [0, 0.05) is 38.3 Å². The predicted octanol–water partition coefficient (Wildman–Crippen LogP) is 2.86. The third-order valence-electron chi connectivity index (χ3n) is 13.6. The van der Waals surface area contributed by atoms with Crippen molar-refractivity contribution in [3.8, 4) is 11.5 Å². The van der Waals surface area contributed by atoms with Crippen LogP contribution in [-0.4, -0.2) is 119 Å². The van der Waals surface area contributed by atoms with Crippen LogP contribution < -0.4 is 30.1 Å². The average molecular weight is 921 g/mol. The minimum absolute atomic E-state index is 0.0315. The standard InChI is InChI=1S/C45H60N8O11S/c1-5-29-21-45(29,42(58)51-65(60,61)31-12-13-31)50-39(55)33-20-30(64-43(59)52-23-27-18-34-35(19-28(27)24-52)63-17-9-16-62-34)25-53(33)41(57)37(44(2,3)4)49-40(56)36(26-10-7-6-8-11-26)48-38(54)32-22-46-14-15-47-32/h14-15,18-19,22,26,29-31,33,36-37H,5-13,16-17,20-21,23-25H2,1-4H3,(H,48,54)(H,49,56)(H,50,55)(H,51,58)/t29-,30+,33-,36-,37+,45-/m0/s1. The Morgan fingerprint density at radius 1 is 0.923 bits per heavy atom. The first-order valence-corrected chi connectivity index (χ1v) is 24.4. The van der Waals surface area contributed by atoms with E-state index in [1.807, 2.05) is 19.1 Å². The van der Waals surface area contributed by atoms with Crippen LogP contribution >= 0.6 is 0 Å². The molecule has 1 saturated heterocycles. The van der Waals surface area contributed by atoms with Gasteiger partial charge in [-0.25, -0.2) is 18.2 Å². The lowest BCUT2D eigenvalue weighted by Crippen LogP contribution is -2.62. The molecular formula is C45H60N8O11S. The summed E-state index contributed by atoms with van der Waals surface area (Å²) in [4.78, 5) is 96.0. The molecule has 0 radical (unpaired) electrons. The van der Waals surface area contributed by atoms with E-state index in [1.54, 1.807) is 20.8 Å². The number of carbonyl (C=O) groups is 6. The number of sulfonamides is 1. The lowest BCUT2D eigenvalue weighted by Gasteiger charge is -2.37. The normalized spacial score (nSPS) is 25.0. The van der Waals surface area contributed by atoms with Crippen LogP contribution in [0.3, 0.4) is 0 Å². The molecule has 3 saturated carbocycles. The zero-order valence-corrected chi connectivity index (χ0v) is 38.2. The van der Waals surface area contributed by atoms with Crippen molar-refractivity contribution in [1.29, 1.82) is 0 Å². The molecule has 6 amide bonds. The maximum atomic E-state index is 15.1. The molecule has 2 aromatic rings. The van der Waals surface area contributed by atoms with E-state index in [-0.39, 0.29) is 50.0 Å². The highest BCUT2D eigenvalue weighted by atomic mass is 32.2. The minimum atomic E-state index is -3.94. The number of hydrogen-bond donors (Lipinski definition) is 4. The van der Waals surface area contributed by atoms with Gasteiger partial charge in [0.1, 0.15) is 35.5 Å². The van der Waals surface area contributed by atoms with E-state index in [1.165, 1.54) is 28.4 Å². The van der Waals surface area contributed by atoms with Gasteiger partial charge in [0.05, 0.1) is 31.2 Å². The first-order valence-electron chi connectivity index (χ1n) is 22.9. The first kappa shape index (κ1) is 46.0. The van der Waals surface area contributed by atoms with Gasteiger partial charge in [0.15, 0.2) is 11.5 Å². The third-order valence-corrected chi connectivity index (χ3v) is 15.4. The largest absolute Gasteiger partial charge is 0.490 e. The number of amides is 6. The van der Waals surface area contributed by atoms with Crippen LogP contribution in [0.2, 0.25) is 0 Å². The van der Waals surface area contributed by atoms with Gasteiger partial charge in [-0.05, 0) is 72.6 Å². The summed E-state index contributed by atoms with van der Waals surface area (Å²) in [5.41, 5.74) is -0.696. The second kappa shape index (κ2) is 18.4. The third kappa shape index (κ3) is 10.0. The molecule has 19 nitrogen and oxygen atoms in total. The smallest absolute Gasteiger partial charge is 0.410 e. The van der Waals surface area contributed by atoms with Crippen molar-refractivity contribution < 1.29 is 51.4 Å². The second-order valence-electron chi connectivity index (χ2n) is 19.4. The Labute approximate surface area is 378 Å². The number of carbonyl (C=O) groups excluding carboxylic acids is 6. The molecule has 8 rings (SSSR count). The summed E-state index contributed by atoms with van der Waals surface area (Å²) in [6, 6.07) is 0.194. The number of nitrogens with zero attached hydrogens (tertiary/aromatic N) is 4. The quantitative estimate of drug-likeness (QED) is 0.226. The highest BCUT2D eigenvalue weighted by molar-refractivity contribution is 7.91. The molecule has 3 aliphatic carbocycles. The van der Waals surface area contributed by atoms with E-state index in [9.17, 15) is 32.4 Å². The lowest BCUT2D eigenvalue weighted by molar-refractivity contribution is -0.145. The van der Waals surface area contributed by atoms with E-state index >= 15 is 4.79 Å². The summed E-state index contributed by atoms with van der Waals surface area (Å²) in [7, 11) is -3.94. The Kier molecular flexibility index (Phi) is 13.0. The van der Waals surface area contributed by atoms with Gasteiger partial charge in [0.2, 0.25) is 27.7 Å². The number of likely N-dealkylation sites (tertiary alicyclic amines) is 1. The summed E-state index contributed by atoms with van der Waals surface area (Å²) in [6.45, 7) is 8.40. The van der Waals surface area contributed by atoms with E-state index in [2.05, 4.69) is 30.6 Å². The molecule has 1 aromatic heterocycles. The summed E-state index contributed by atoms with van der Waals surface area (Å²) in [5.74, 6) is -2.75. The monoisotopic (exact) mass is 920 g/mol. The van der Waals surface area contributed by atoms with Gasteiger partial charge in [-0.3, -0.25) is 38.6 Å². The van der Waals surface area contributed by atoms with E-state index < -0.39 is 86.1 Å².